The number of allylic oxidation sites excluding steroid dienone is 2. The molecule has 0 unspecified atom stereocenters. The Balaban J connectivity index is 1.61. The Morgan fingerprint density at radius 3 is 1.97 bits per heavy atom. The first kappa shape index (κ1) is 25.3. The van der Waals surface area contributed by atoms with E-state index in [1.54, 1.807) is 28.8 Å². The van der Waals surface area contributed by atoms with Crippen LogP contribution in [0.5, 0.6) is 0 Å². The standard InChI is InChI=1S/C30H27ClN2O3S/c1-36-29(35)26-21(12-11-19-31)20-37-28-25(27(34)33(26)28)32-30(22-13-5-2-6-14-22,23-15-7-3-8-16-23)24-17-9-4-10-18-24/h2-18,25,28,32H,19-20H2,1H3/b12-11+/t25-,28+/m1/s1. The van der Waals surface area contributed by atoms with Gasteiger partial charge in [0.05, 0.1) is 12.6 Å². The first-order valence-electron chi connectivity index (χ1n) is 12.0. The van der Waals surface area contributed by atoms with Crippen molar-refractivity contribution in [1.82, 2.24) is 10.2 Å². The quantitative estimate of drug-likeness (QED) is 0.191. The van der Waals surface area contributed by atoms with Crippen molar-refractivity contribution >= 4 is 35.2 Å². The average molecular weight is 531 g/mol. The maximum atomic E-state index is 13.8. The number of thioether (sulfide) groups is 1. The molecule has 1 saturated heterocycles. The van der Waals surface area contributed by atoms with Crippen LogP contribution >= 0.6 is 23.4 Å². The van der Waals surface area contributed by atoms with E-state index in [9.17, 15) is 9.59 Å². The third kappa shape index (κ3) is 4.50. The number of alkyl halides is 1. The molecule has 7 heteroatoms. The topological polar surface area (TPSA) is 58.6 Å². The van der Waals surface area contributed by atoms with Gasteiger partial charge in [0.15, 0.2) is 0 Å². The molecule has 3 aromatic rings. The molecule has 1 fully saturated rings. The Hall–Kier alpha value is -3.32. The van der Waals surface area contributed by atoms with Crippen LogP contribution in [0, 0.1) is 0 Å². The third-order valence-electron chi connectivity index (χ3n) is 6.78. The summed E-state index contributed by atoms with van der Waals surface area (Å²) in [6.45, 7) is 0. The first-order chi connectivity index (χ1) is 18.1. The van der Waals surface area contributed by atoms with Crippen molar-refractivity contribution in [2.45, 2.75) is 17.0 Å². The number of benzene rings is 3. The molecule has 37 heavy (non-hydrogen) atoms. The number of nitrogens with zero attached hydrogens (tertiary/aromatic N) is 1. The van der Waals surface area contributed by atoms with Crippen molar-refractivity contribution in [3.8, 4) is 0 Å². The Kier molecular flexibility index (Phi) is 7.51. The summed E-state index contributed by atoms with van der Waals surface area (Å²) in [6.07, 6.45) is 3.57. The van der Waals surface area contributed by atoms with Crippen LogP contribution in [-0.2, 0) is 19.9 Å². The summed E-state index contributed by atoms with van der Waals surface area (Å²) in [5.74, 6) is 0.200. The maximum Gasteiger partial charge on any atom is 0.355 e. The summed E-state index contributed by atoms with van der Waals surface area (Å²) in [4.78, 5) is 28.1. The zero-order valence-electron chi connectivity index (χ0n) is 20.3. The fraction of sp³-hybridized carbons (Fsp3) is 0.200. The van der Waals surface area contributed by atoms with E-state index < -0.39 is 17.6 Å². The highest BCUT2D eigenvalue weighted by atomic mass is 35.5. The minimum absolute atomic E-state index is 0.165. The lowest BCUT2D eigenvalue weighted by atomic mass is 9.76. The van der Waals surface area contributed by atoms with Gasteiger partial charge in [0, 0.05) is 11.6 Å². The van der Waals surface area contributed by atoms with E-state index in [2.05, 4.69) is 41.7 Å². The maximum absolute atomic E-state index is 13.8. The molecule has 0 radical (unpaired) electrons. The number of carbonyl (C=O) groups excluding carboxylic acids is 2. The Morgan fingerprint density at radius 2 is 1.51 bits per heavy atom. The molecule has 2 aliphatic rings. The average Bonchev–Trinajstić information content (AvgIpc) is 2.97. The second-order valence-electron chi connectivity index (χ2n) is 8.80. The van der Waals surface area contributed by atoms with Crippen LogP contribution in [0.2, 0.25) is 0 Å². The molecule has 0 saturated carbocycles. The van der Waals surface area contributed by atoms with E-state index in [0.717, 1.165) is 22.3 Å². The van der Waals surface area contributed by atoms with Crippen molar-refractivity contribution < 1.29 is 14.3 Å². The fourth-order valence-electron chi connectivity index (χ4n) is 5.09. The number of hydrogen-bond acceptors (Lipinski definition) is 5. The lowest BCUT2D eigenvalue weighted by molar-refractivity contribution is -0.151. The highest BCUT2D eigenvalue weighted by molar-refractivity contribution is 8.00. The minimum atomic E-state index is -0.787. The molecule has 0 bridgehead atoms. The van der Waals surface area contributed by atoms with Crippen molar-refractivity contribution in [2.75, 3.05) is 18.7 Å². The molecular formula is C30H27ClN2O3S. The van der Waals surface area contributed by atoms with Crippen molar-refractivity contribution in [1.29, 1.82) is 0 Å². The lowest BCUT2D eigenvalue weighted by Crippen LogP contribution is -2.72. The molecule has 5 rings (SSSR count). The number of esters is 1. The number of ether oxygens (including phenoxy) is 1. The van der Waals surface area contributed by atoms with Gasteiger partial charge in [-0.2, -0.15) is 0 Å². The van der Waals surface area contributed by atoms with Crippen LogP contribution in [-0.4, -0.2) is 46.9 Å². The highest BCUT2D eigenvalue weighted by Crippen LogP contribution is 2.45. The van der Waals surface area contributed by atoms with E-state index in [4.69, 9.17) is 16.3 Å². The van der Waals surface area contributed by atoms with E-state index >= 15 is 0 Å². The molecule has 1 amide bonds. The van der Waals surface area contributed by atoms with Crippen molar-refractivity contribution in [3.63, 3.8) is 0 Å². The molecule has 188 valence electrons. The van der Waals surface area contributed by atoms with Crippen LogP contribution in [0.1, 0.15) is 16.7 Å². The van der Waals surface area contributed by atoms with Gasteiger partial charge in [0.2, 0.25) is 5.91 Å². The van der Waals surface area contributed by atoms with Gasteiger partial charge >= 0.3 is 5.97 Å². The van der Waals surface area contributed by atoms with Gasteiger partial charge in [-0.15, -0.1) is 23.4 Å². The largest absolute Gasteiger partial charge is 0.464 e. The van der Waals surface area contributed by atoms with E-state index in [-0.39, 0.29) is 11.3 Å². The Bertz CT molecular complexity index is 1230. The van der Waals surface area contributed by atoms with Crippen LogP contribution < -0.4 is 5.32 Å². The molecule has 0 aliphatic carbocycles. The molecular weight excluding hydrogens is 504 g/mol. The van der Waals surface area contributed by atoms with Crippen LogP contribution in [0.4, 0.5) is 0 Å². The van der Waals surface area contributed by atoms with Crippen molar-refractivity contribution in [2.24, 2.45) is 0 Å². The fourth-order valence-corrected chi connectivity index (χ4v) is 6.50. The molecule has 5 nitrogen and oxygen atoms in total. The molecule has 3 aromatic carbocycles. The normalized spacial score (nSPS) is 19.5. The van der Waals surface area contributed by atoms with Gasteiger partial charge in [-0.25, -0.2) is 4.79 Å². The molecule has 0 spiro atoms. The highest BCUT2D eigenvalue weighted by Gasteiger charge is 2.56. The van der Waals surface area contributed by atoms with Crippen LogP contribution in [0.15, 0.2) is 114 Å². The molecule has 2 atom stereocenters. The Labute approximate surface area is 226 Å². The van der Waals surface area contributed by atoms with E-state index in [0.29, 0.717) is 17.3 Å². The summed E-state index contributed by atoms with van der Waals surface area (Å²) in [6, 6.07) is 30.0. The molecule has 0 aromatic heterocycles. The van der Waals surface area contributed by atoms with Gasteiger partial charge in [0.25, 0.3) is 0 Å². The van der Waals surface area contributed by atoms with Crippen LogP contribution in [0.3, 0.4) is 0 Å². The first-order valence-corrected chi connectivity index (χ1v) is 13.6. The number of nitrogens with one attached hydrogen (secondary N) is 1. The van der Waals surface area contributed by atoms with E-state index in [1.807, 2.05) is 54.6 Å². The van der Waals surface area contributed by atoms with Gasteiger partial charge in [0.1, 0.15) is 17.1 Å². The summed E-state index contributed by atoms with van der Waals surface area (Å²) in [5.41, 5.74) is 3.31. The smallest absolute Gasteiger partial charge is 0.355 e. The number of hydrogen-bond donors (Lipinski definition) is 1. The summed E-state index contributed by atoms with van der Waals surface area (Å²) in [7, 11) is 1.33. The third-order valence-corrected chi connectivity index (χ3v) is 8.26. The molecule has 2 aliphatic heterocycles. The predicted octanol–water partition coefficient (Wildman–Crippen LogP) is 5.07. The number of fused-ring (bicyclic) bond motifs is 1. The van der Waals surface area contributed by atoms with E-state index in [1.165, 1.54) is 7.11 Å². The summed E-state index contributed by atoms with van der Waals surface area (Å²) < 4.78 is 5.06. The van der Waals surface area contributed by atoms with Crippen molar-refractivity contribution in [3.05, 3.63) is 131 Å². The second kappa shape index (κ2) is 11.0. The predicted molar refractivity (Wildman–Crippen MR) is 148 cm³/mol. The van der Waals surface area contributed by atoms with Crippen LogP contribution in [0.25, 0.3) is 0 Å². The number of carbonyl (C=O) groups is 2. The summed E-state index contributed by atoms with van der Waals surface area (Å²) >= 11 is 7.46. The van der Waals surface area contributed by atoms with Gasteiger partial charge in [-0.1, -0.05) is 103 Å². The summed E-state index contributed by atoms with van der Waals surface area (Å²) in [5, 5.41) is 3.52. The minimum Gasteiger partial charge on any atom is -0.464 e. The number of β-lactam (4-membered cyclic amide) rings is 1. The lowest BCUT2D eigenvalue weighted by Gasteiger charge is -2.53. The number of halogens is 1. The molecule has 2 heterocycles. The van der Waals surface area contributed by atoms with Gasteiger partial charge < -0.3 is 4.74 Å². The zero-order valence-corrected chi connectivity index (χ0v) is 21.9. The Morgan fingerprint density at radius 1 is 1.00 bits per heavy atom. The number of methoxy groups -OCH3 is 1. The number of rotatable bonds is 8. The monoisotopic (exact) mass is 530 g/mol. The second-order valence-corrected chi connectivity index (χ2v) is 10.2. The zero-order chi connectivity index (χ0) is 25.8. The SMILES string of the molecule is COC(=O)C1=C(/C=C/CCl)CS[C@H]2[C@H](NC(c3ccccc3)(c3ccccc3)c3ccccc3)C(=O)N12. The van der Waals surface area contributed by atoms with Gasteiger partial charge in [-0.3, -0.25) is 15.0 Å². The molecule has 1 N–H and O–H groups in total. The van der Waals surface area contributed by atoms with Gasteiger partial charge in [-0.05, 0) is 22.3 Å². The number of amides is 1.